The van der Waals surface area contributed by atoms with Crippen LogP contribution in [0.25, 0.3) is 22.8 Å². The van der Waals surface area contributed by atoms with Crippen molar-refractivity contribution < 1.29 is 4.79 Å². The molecule has 1 aliphatic heterocycles. The van der Waals surface area contributed by atoms with E-state index in [1.165, 1.54) is 4.68 Å². The highest BCUT2D eigenvalue weighted by atomic mass is 35.5. The van der Waals surface area contributed by atoms with Gasteiger partial charge in [-0.15, -0.1) is 5.10 Å². The maximum absolute atomic E-state index is 12.4. The maximum atomic E-state index is 12.4. The van der Waals surface area contributed by atoms with Crippen LogP contribution in [0.4, 0.5) is 11.6 Å². The third kappa shape index (κ3) is 5.58. The number of aromatic nitrogens is 4. The summed E-state index contributed by atoms with van der Waals surface area (Å²) < 4.78 is 2.58. The Labute approximate surface area is 212 Å². The molecule has 6 N–H and O–H groups in total. The molecule has 10 nitrogen and oxygen atoms in total. The first kappa shape index (κ1) is 27.3. The van der Waals surface area contributed by atoms with Gasteiger partial charge < -0.3 is 21.8 Å². The number of carbonyl (C=O) groups is 1. The van der Waals surface area contributed by atoms with Crippen LogP contribution in [0.5, 0.6) is 0 Å². The molecule has 12 heteroatoms. The van der Waals surface area contributed by atoms with E-state index >= 15 is 0 Å². The second kappa shape index (κ2) is 12.0. The molecule has 0 saturated heterocycles. The van der Waals surface area contributed by atoms with Crippen molar-refractivity contribution in [2.24, 2.45) is 5.73 Å². The van der Waals surface area contributed by atoms with Crippen LogP contribution in [0, 0.1) is 0 Å². The number of hydrogen-bond donors (Lipinski definition) is 4. The number of hydrogen-bond acceptors (Lipinski definition) is 6. The molecule has 0 saturated carbocycles. The van der Waals surface area contributed by atoms with E-state index in [4.69, 9.17) is 23.1 Å². The van der Waals surface area contributed by atoms with Crippen molar-refractivity contribution in [1.82, 2.24) is 19.3 Å². The van der Waals surface area contributed by atoms with E-state index in [1.54, 1.807) is 48.7 Å². The Bertz CT molecular complexity index is 1480. The van der Waals surface area contributed by atoms with Gasteiger partial charge in [0.05, 0.1) is 21.6 Å². The standard InChI is InChI=1S/C14H9ClN2O2.C7H9N5O.C2H6.H2S/c15-10-7-4-8-11-12(10)13(18)17(14(19)16-11)9-5-2-1-3-6-9;8-5-4(6(9)13)7-10-2-1-3-12(7)11-5;1-2;/h1-8H,(H,16,19);1,3,10H,2H2,(H2,8,11)(H2,9,13);1-2H3;1H2. The van der Waals surface area contributed by atoms with Crippen LogP contribution in [0.1, 0.15) is 24.2 Å². The van der Waals surface area contributed by atoms with Gasteiger partial charge in [-0.05, 0) is 30.3 Å². The molecular weight excluding hydrogens is 490 g/mol. The van der Waals surface area contributed by atoms with Gasteiger partial charge in [0.2, 0.25) is 0 Å². The van der Waals surface area contributed by atoms with Gasteiger partial charge in [0.15, 0.2) is 5.82 Å². The second-order valence-electron chi connectivity index (χ2n) is 6.75. The number of anilines is 2. The fourth-order valence-electron chi connectivity index (χ4n) is 3.31. The number of fused-ring (bicyclic) bond motifs is 2. The SMILES string of the molecule is CC.NC(=O)c1c(N)nn2c1NCC=C2.O=c1[nH]c2cccc(Cl)c2c(=O)n1-c1ccccc1.S. The molecule has 4 aromatic rings. The molecule has 0 spiro atoms. The zero-order valence-corrected chi connectivity index (χ0v) is 20.8. The fourth-order valence-corrected chi connectivity index (χ4v) is 3.57. The van der Waals surface area contributed by atoms with Crippen LogP contribution in [0.2, 0.25) is 5.02 Å². The molecule has 2 aromatic carbocycles. The Morgan fingerprint density at radius 2 is 1.77 bits per heavy atom. The summed E-state index contributed by atoms with van der Waals surface area (Å²) in [4.78, 5) is 38.1. The molecule has 0 unspecified atom stereocenters. The highest BCUT2D eigenvalue weighted by Crippen LogP contribution is 2.23. The van der Waals surface area contributed by atoms with E-state index < -0.39 is 17.2 Å². The molecule has 1 aliphatic rings. The summed E-state index contributed by atoms with van der Waals surface area (Å²) in [5, 5.41) is 7.52. The summed E-state index contributed by atoms with van der Waals surface area (Å²) in [6.45, 7) is 4.64. The molecule has 35 heavy (non-hydrogen) atoms. The summed E-state index contributed by atoms with van der Waals surface area (Å²) in [6.07, 6.45) is 3.60. The smallest absolute Gasteiger partial charge is 0.333 e. The van der Waals surface area contributed by atoms with Gasteiger partial charge in [-0.25, -0.2) is 14.0 Å². The van der Waals surface area contributed by atoms with Gasteiger partial charge in [0.25, 0.3) is 11.5 Å². The van der Waals surface area contributed by atoms with Crippen molar-refractivity contribution in [3.8, 4) is 5.69 Å². The number of primary amides is 1. The van der Waals surface area contributed by atoms with E-state index in [9.17, 15) is 14.4 Å². The van der Waals surface area contributed by atoms with Gasteiger partial charge >= 0.3 is 5.69 Å². The highest BCUT2D eigenvalue weighted by Gasteiger charge is 2.20. The van der Waals surface area contributed by atoms with Crippen LogP contribution >= 0.6 is 25.1 Å². The van der Waals surface area contributed by atoms with Crippen LogP contribution in [-0.2, 0) is 0 Å². The van der Waals surface area contributed by atoms with Crippen molar-refractivity contribution in [2.75, 3.05) is 17.6 Å². The van der Waals surface area contributed by atoms with Crippen molar-refractivity contribution >= 4 is 59.7 Å². The van der Waals surface area contributed by atoms with Gasteiger partial charge in [-0.3, -0.25) is 9.59 Å². The van der Waals surface area contributed by atoms with Crippen LogP contribution in [-0.4, -0.2) is 31.8 Å². The molecule has 5 rings (SSSR count). The van der Waals surface area contributed by atoms with Gasteiger partial charge in [0, 0.05) is 12.7 Å². The Balaban J connectivity index is 0.000000237. The quantitative estimate of drug-likeness (QED) is 0.322. The number of nitrogens with one attached hydrogen (secondary N) is 2. The molecular formula is C23H26ClN7O3S. The number of nitrogen functional groups attached to an aromatic ring is 1. The number of amides is 1. The number of benzene rings is 2. The van der Waals surface area contributed by atoms with Crippen molar-refractivity contribution in [3.05, 3.63) is 86.0 Å². The number of nitrogens with zero attached hydrogens (tertiary/aromatic N) is 3. The number of rotatable bonds is 2. The van der Waals surface area contributed by atoms with E-state index in [0.29, 0.717) is 34.0 Å². The number of carbonyl (C=O) groups excluding carboxylic acids is 1. The van der Waals surface area contributed by atoms with E-state index in [0.717, 1.165) is 4.57 Å². The molecule has 3 heterocycles. The van der Waals surface area contributed by atoms with Crippen LogP contribution < -0.4 is 28.0 Å². The largest absolute Gasteiger partial charge is 0.381 e. The molecule has 0 aliphatic carbocycles. The van der Waals surface area contributed by atoms with Gasteiger partial charge in [-0.1, -0.05) is 49.7 Å². The summed E-state index contributed by atoms with van der Waals surface area (Å²) in [7, 11) is 0. The number of para-hydroxylation sites is 1. The first-order valence-corrected chi connectivity index (χ1v) is 10.8. The minimum atomic E-state index is -0.568. The minimum Gasteiger partial charge on any atom is -0.381 e. The molecule has 0 radical (unpaired) electrons. The zero-order valence-electron chi connectivity index (χ0n) is 19.1. The topological polar surface area (TPSA) is 154 Å². The number of aromatic amines is 1. The lowest BCUT2D eigenvalue weighted by Crippen LogP contribution is -2.33. The Morgan fingerprint density at radius 1 is 1.09 bits per heavy atom. The number of halogens is 1. The summed E-state index contributed by atoms with van der Waals surface area (Å²) >= 11 is 6.04. The van der Waals surface area contributed by atoms with E-state index in [-0.39, 0.29) is 24.9 Å². The van der Waals surface area contributed by atoms with Crippen LogP contribution in [0.3, 0.4) is 0 Å². The predicted molar refractivity (Wildman–Crippen MR) is 146 cm³/mol. The summed E-state index contributed by atoms with van der Waals surface area (Å²) in [5.74, 6) is 0.149. The lowest BCUT2D eigenvalue weighted by Gasteiger charge is -2.09. The maximum Gasteiger partial charge on any atom is 0.333 e. The molecule has 184 valence electrons. The second-order valence-corrected chi connectivity index (χ2v) is 7.16. The predicted octanol–water partition coefficient (Wildman–Crippen LogP) is 2.93. The molecule has 0 bridgehead atoms. The number of nitrogens with two attached hydrogens (primary N) is 2. The number of H-pyrrole nitrogens is 1. The van der Waals surface area contributed by atoms with Crippen molar-refractivity contribution in [3.63, 3.8) is 0 Å². The fraction of sp³-hybridized carbons (Fsp3) is 0.130. The minimum absolute atomic E-state index is 0. The average Bonchev–Trinajstić information content (AvgIpc) is 3.17. The normalized spacial score (nSPS) is 11.1. The third-order valence-corrected chi connectivity index (χ3v) is 5.02. The monoisotopic (exact) mass is 515 g/mol. The lowest BCUT2D eigenvalue weighted by molar-refractivity contribution is 0.100. The van der Waals surface area contributed by atoms with Gasteiger partial charge in [0.1, 0.15) is 11.4 Å². The van der Waals surface area contributed by atoms with Crippen molar-refractivity contribution in [1.29, 1.82) is 0 Å². The van der Waals surface area contributed by atoms with Gasteiger partial charge in [-0.2, -0.15) is 13.5 Å². The Kier molecular flexibility index (Phi) is 9.32. The third-order valence-electron chi connectivity index (χ3n) is 4.71. The highest BCUT2D eigenvalue weighted by molar-refractivity contribution is 7.59. The zero-order chi connectivity index (χ0) is 24.8. The first-order chi connectivity index (χ1) is 16.4. The molecule has 0 fully saturated rings. The van der Waals surface area contributed by atoms with Crippen LogP contribution in [0.15, 0.2) is 64.2 Å². The Morgan fingerprint density at radius 3 is 2.43 bits per heavy atom. The van der Waals surface area contributed by atoms with Crippen molar-refractivity contribution in [2.45, 2.75) is 13.8 Å². The first-order valence-electron chi connectivity index (χ1n) is 10.5. The summed E-state index contributed by atoms with van der Waals surface area (Å²) in [5.41, 5.74) is 11.0. The van der Waals surface area contributed by atoms with E-state index in [1.807, 2.05) is 26.0 Å². The van der Waals surface area contributed by atoms with E-state index in [2.05, 4.69) is 15.4 Å². The molecule has 0 atom stereocenters. The molecule has 1 amide bonds. The molecule has 2 aromatic heterocycles. The average molecular weight is 516 g/mol. The summed E-state index contributed by atoms with van der Waals surface area (Å²) in [6, 6.07) is 13.7. The lowest BCUT2D eigenvalue weighted by atomic mass is 10.2. The Hall–Kier alpha value is -3.96.